The van der Waals surface area contributed by atoms with E-state index >= 15 is 0 Å². The average molecular weight is 468 g/mol. The van der Waals surface area contributed by atoms with Crippen molar-refractivity contribution in [3.8, 4) is 5.75 Å². The van der Waals surface area contributed by atoms with Crippen LogP contribution in [0.4, 0.5) is 5.13 Å². The highest BCUT2D eigenvalue weighted by Gasteiger charge is 2.18. The number of amides is 1. The largest absolute Gasteiger partial charge is 0.481 e. The Morgan fingerprint density at radius 1 is 1.21 bits per heavy atom. The number of thioether (sulfide) groups is 1. The molecule has 9 heteroatoms. The zero-order valence-corrected chi connectivity index (χ0v) is 19.2. The minimum Gasteiger partial charge on any atom is -0.481 e. The molecule has 0 aliphatic heterocycles. The summed E-state index contributed by atoms with van der Waals surface area (Å²) in [6.07, 6.45) is -0.696. The van der Waals surface area contributed by atoms with E-state index < -0.39 is 6.10 Å². The summed E-state index contributed by atoms with van der Waals surface area (Å²) in [5.41, 5.74) is 2.83. The van der Waals surface area contributed by atoms with E-state index in [0.29, 0.717) is 21.7 Å². The van der Waals surface area contributed by atoms with Crippen molar-refractivity contribution >= 4 is 57.3 Å². The van der Waals surface area contributed by atoms with Crippen LogP contribution in [0.25, 0.3) is 0 Å². The molecular weight excluding hydrogens is 449 g/mol. The molecule has 3 rings (SSSR count). The zero-order chi connectivity index (χ0) is 21.0. The molecule has 0 aliphatic rings. The van der Waals surface area contributed by atoms with Gasteiger partial charge in [-0.2, -0.15) is 0 Å². The SMILES string of the molecule is Cc1cc(OC(C)C(=O)Nc2nnc(SCc3ccccc3Cl)s2)cc(C)c1Cl. The fourth-order valence-corrected chi connectivity index (χ4v) is 4.66. The van der Waals surface area contributed by atoms with Gasteiger partial charge in [0.1, 0.15) is 5.75 Å². The van der Waals surface area contributed by atoms with E-state index in [9.17, 15) is 4.79 Å². The average Bonchev–Trinajstić information content (AvgIpc) is 3.12. The molecule has 29 heavy (non-hydrogen) atoms. The molecule has 0 fully saturated rings. The highest BCUT2D eigenvalue weighted by molar-refractivity contribution is 8.00. The van der Waals surface area contributed by atoms with Crippen molar-refractivity contribution in [3.05, 3.63) is 63.1 Å². The molecule has 1 atom stereocenters. The number of ether oxygens (including phenoxy) is 1. The van der Waals surface area contributed by atoms with E-state index in [1.165, 1.54) is 23.1 Å². The van der Waals surface area contributed by atoms with Crippen LogP contribution >= 0.6 is 46.3 Å². The van der Waals surface area contributed by atoms with Gasteiger partial charge < -0.3 is 4.74 Å². The number of halogens is 2. The van der Waals surface area contributed by atoms with Crippen LogP contribution in [0.15, 0.2) is 40.7 Å². The lowest BCUT2D eigenvalue weighted by Crippen LogP contribution is -2.30. The molecule has 0 saturated heterocycles. The van der Waals surface area contributed by atoms with Gasteiger partial charge in [-0.15, -0.1) is 10.2 Å². The van der Waals surface area contributed by atoms with Crippen molar-refractivity contribution in [2.45, 2.75) is 37.0 Å². The molecule has 1 unspecified atom stereocenters. The Morgan fingerprint density at radius 3 is 2.59 bits per heavy atom. The second kappa shape index (κ2) is 9.80. The third-order valence-corrected chi connectivity index (χ3v) is 7.02. The minimum atomic E-state index is -0.696. The van der Waals surface area contributed by atoms with E-state index in [-0.39, 0.29) is 5.91 Å². The van der Waals surface area contributed by atoms with E-state index in [0.717, 1.165) is 26.1 Å². The van der Waals surface area contributed by atoms with Gasteiger partial charge in [-0.25, -0.2) is 0 Å². The van der Waals surface area contributed by atoms with Gasteiger partial charge in [0, 0.05) is 15.8 Å². The zero-order valence-electron chi connectivity index (χ0n) is 16.0. The first-order valence-corrected chi connectivity index (χ1v) is 11.3. The van der Waals surface area contributed by atoms with Crippen molar-refractivity contribution in [2.24, 2.45) is 0 Å². The number of aromatic nitrogens is 2. The van der Waals surface area contributed by atoms with E-state index in [1.807, 2.05) is 50.2 Å². The fraction of sp³-hybridized carbons (Fsp3) is 0.250. The van der Waals surface area contributed by atoms with Gasteiger partial charge in [0.15, 0.2) is 10.4 Å². The van der Waals surface area contributed by atoms with Crippen molar-refractivity contribution in [1.29, 1.82) is 0 Å². The maximum atomic E-state index is 12.4. The van der Waals surface area contributed by atoms with Crippen LogP contribution < -0.4 is 10.1 Å². The summed E-state index contributed by atoms with van der Waals surface area (Å²) in [4.78, 5) is 12.4. The molecule has 1 heterocycles. The minimum absolute atomic E-state index is 0.297. The molecular formula is C20H19Cl2N3O2S2. The molecule has 0 bridgehead atoms. The summed E-state index contributed by atoms with van der Waals surface area (Å²) >= 11 is 15.2. The number of anilines is 1. The molecule has 0 aliphatic carbocycles. The molecule has 2 aromatic carbocycles. The van der Waals surface area contributed by atoms with Crippen LogP contribution in [0.2, 0.25) is 10.0 Å². The highest BCUT2D eigenvalue weighted by Crippen LogP contribution is 2.31. The van der Waals surface area contributed by atoms with Gasteiger partial charge >= 0.3 is 0 Å². The van der Waals surface area contributed by atoms with Crippen molar-refractivity contribution in [2.75, 3.05) is 5.32 Å². The van der Waals surface area contributed by atoms with Gasteiger partial charge in [-0.3, -0.25) is 10.1 Å². The summed E-state index contributed by atoms with van der Waals surface area (Å²) in [5.74, 6) is 0.978. The van der Waals surface area contributed by atoms with E-state index in [4.69, 9.17) is 27.9 Å². The summed E-state index contributed by atoms with van der Waals surface area (Å²) in [5, 5.41) is 12.7. The topological polar surface area (TPSA) is 64.1 Å². The standard InChI is InChI=1S/C20H19Cl2N3O2S2/c1-11-8-15(9-12(2)17(11)22)27-13(3)18(26)23-19-24-25-20(29-19)28-10-14-6-4-5-7-16(14)21/h4-9,13H,10H2,1-3H3,(H,23,24,26). The number of benzene rings is 2. The quantitative estimate of drug-likeness (QED) is 0.332. The molecule has 1 N–H and O–H groups in total. The second-order valence-corrected chi connectivity index (χ2v) is 9.36. The summed E-state index contributed by atoms with van der Waals surface area (Å²) < 4.78 is 6.50. The monoisotopic (exact) mass is 467 g/mol. The van der Waals surface area contributed by atoms with E-state index in [1.54, 1.807) is 6.92 Å². The first-order valence-electron chi connectivity index (χ1n) is 8.77. The summed E-state index contributed by atoms with van der Waals surface area (Å²) in [6.45, 7) is 5.48. The van der Waals surface area contributed by atoms with Crippen LogP contribution in [0.5, 0.6) is 5.75 Å². The summed E-state index contributed by atoms with van der Waals surface area (Å²) in [7, 11) is 0. The Kier molecular flexibility index (Phi) is 7.40. The van der Waals surface area contributed by atoms with Crippen LogP contribution in [0, 0.1) is 13.8 Å². The molecule has 0 saturated carbocycles. The second-order valence-electron chi connectivity index (χ2n) is 6.37. The molecule has 0 radical (unpaired) electrons. The number of hydrogen-bond acceptors (Lipinski definition) is 6. The van der Waals surface area contributed by atoms with Crippen molar-refractivity contribution in [3.63, 3.8) is 0 Å². The maximum absolute atomic E-state index is 12.4. The lowest BCUT2D eigenvalue weighted by atomic mass is 10.1. The predicted molar refractivity (Wildman–Crippen MR) is 121 cm³/mol. The molecule has 1 amide bonds. The molecule has 152 valence electrons. The Labute approximate surface area is 187 Å². The lowest BCUT2D eigenvalue weighted by molar-refractivity contribution is -0.122. The molecule has 0 spiro atoms. The Morgan fingerprint density at radius 2 is 1.90 bits per heavy atom. The summed E-state index contributed by atoms with van der Waals surface area (Å²) in [6, 6.07) is 11.3. The number of carbonyl (C=O) groups is 1. The number of nitrogens with one attached hydrogen (secondary N) is 1. The number of carbonyl (C=O) groups excluding carboxylic acids is 1. The van der Waals surface area contributed by atoms with Crippen LogP contribution in [-0.2, 0) is 10.5 Å². The van der Waals surface area contributed by atoms with Gasteiger partial charge in [-0.05, 0) is 55.7 Å². The first-order chi connectivity index (χ1) is 13.8. The molecule has 5 nitrogen and oxygen atoms in total. The highest BCUT2D eigenvalue weighted by atomic mass is 35.5. The Bertz CT molecular complexity index is 1000. The van der Waals surface area contributed by atoms with Gasteiger partial charge in [0.05, 0.1) is 0 Å². The molecule has 1 aromatic heterocycles. The normalized spacial score (nSPS) is 11.9. The van der Waals surface area contributed by atoms with Crippen LogP contribution in [0.3, 0.4) is 0 Å². The van der Waals surface area contributed by atoms with Crippen molar-refractivity contribution < 1.29 is 9.53 Å². The number of hydrogen-bond donors (Lipinski definition) is 1. The molecule has 3 aromatic rings. The number of nitrogens with zero attached hydrogens (tertiary/aromatic N) is 2. The van der Waals surface area contributed by atoms with Gasteiger partial charge in [-0.1, -0.05) is 64.5 Å². The Hall–Kier alpha value is -1.80. The van der Waals surface area contributed by atoms with E-state index in [2.05, 4.69) is 15.5 Å². The van der Waals surface area contributed by atoms with Crippen molar-refractivity contribution in [1.82, 2.24) is 10.2 Å². The number of rotatable bonds is 7. The van der Waals surface area contributed by atoms with Gasteiger partial charge in [0.25, 0.3) is 5.91 Å². The smallest absolute Gasteiger partial charge is 0.266 e. The number of aryl methyl sites for hydroxylation is 2. The third kappa shape index (κ3) is 5.85. The predicted octanol–water partition coefficient (Wildman–Crippen LogP) is 6.16. The fourth-order valence-electron chi connectivity index (χ4n) is 2.51. The van der Waals surface area contributed by atoms with Crippen LogP contribution in [0.1, 0.15) is 23.6 Å². The Balaban J connectivity index is 1.56. The first kappa shape index (κ1) is 21.9. The van der Waals surface area contributed by atoms with Crippen LogP contribution in [-0.4, -0.2) is 22.2 Å². The maximum Gasteiger partial charge on any atom is 0.266 e. The lowest BCUT2D eigenvalue weighted by Gasteiger charge is -2.15. The third-order valence-electron chi connectivity index (χ3n) is 4.04. The van der Waals surface area contributed by atoms with Gasteiger partial charge in [0.2, 0.25) is 5.13 Å².